The lowest BCUT2D eigenvalue weighted by atomic mass is 9.95. The van der Waals surface area contributed by atoms with Crippen molar-refractivity contribution in [3.8, 4) is 6.07 Å². The third kappa shape index (κ3) is 2.50. The van der Waals surface area contributed by atoms with Crippen LogP contribution < -0.4 is 5.32 Å². The first-order valence-corrected chi connectivity index (χ1v) is 4.29. The van der Waals surface area contributed by atoms with E-state index in [0.29, 0.717) is 0 Å². The number of hydrogen-bond donors (Lipinski definition) is 1. The SMILES string of the molecule is CC(C)(C#N)C(=O)Nc1ccncc1F. The molecule has 0 aliphatic rings. The van der Waals surface area contributed by atoms with E-state index in [9.17, 15) is 9.18 Å². The average molecular weight is 207 g/mol. The number of rotatable bonds is 2. The van der Waals surface area contributed by atoms with E-state index in [1.165, 1.54) is 26.1 Å². The molecule has 1 aromatic heterocycles. The Bertz CT molecular complexity index is 423. The van der Waals surface area contributed by atoms with Gasteiger partial charge in [0, 0.05) is 6.20 Å². The minimum absolute atomic E-state index is 0.0262. The Balaban J connectivity index is 2.86. The van der Waals surface area contributed by atoms with Gasteiger partial charge in [0.05, 0.1) is 18.0 Å². The molecule has 0 saturated heterocycles. The second-order valence-corrected chi connectivity index (χ2v) is 3.55. The number of nitrogens with one attached hydrogen (secondary N) is 1. The molecule has 0 bridgehead atoms. The number of amides is 1. The highest BCUT2D eigenvalue weighted by Gasteiger charge is 2.27. The van der Waals surface area contributed by atoms with Crippen LogP contribution in [-0.2, 0) is 4.79 Å². The maximum Gasteiger partial charge on any atom is 0.244 e. The fraction of sp³-hybridized carbons (Fsp3) is 0.300. The Labute approximate surface area is 86.7 Å². The number of hydrogen-bond acceptors (Lipinski definition) is 3. The molecule has 0 fully saturated rings. The van der Waals surface area contributed by atoms with Crippen LogP contribution in [0.3, 0.4) is 0 Å². The fourth-order valence-electron chi connectivity index (χ4n) is 0.806. The van der Waals surface area contributed by atoms with E-state index < -0.39 is 17.1 Å². The number of pyridine rings is 1. The van der Waals surface area contributed by atoms with Crippen LogP contribution in [0, 0.1) is 22.6 Å². The molecule has 1 amide bonds. The Morgan fingerprint density at radius 3 is 2.87 bits per heavy atom. The summed E-state index contributed by atoms with van der Waals surface area (Å²) in [5.74, 6) is -1.17. The van der Waals surface area contributed by atoms with Gasteiger partial charge in [-0.2, -0.15) is 5.26 Å². The summed E-state index contributed by atoms with van der Waals surface area (Å²) in [4.78, 5) is 15.0. The lowest BCUT2D eigenvalue weighted by Gasteiger charge is -2.14. The standard InChI is InChI=1S/C10H10FN3O/c1-10(2,6-12)9(15)14-8-3-4-13-5-7(8)11/h3-5H,1-2H3,(H,13,14,15). The molecule has 1 aromatic rings. The van der Waals surface area contributed by atoms with Gasteiger partial charge in [-0.1, -0.05) is 0 Å². The van der Waals surface area contributed by atoms with Crippen LogP contribution in [0.4, 0.5) is 10.1 Å². The topological polar surface area (TPSA) is 65.8 Å². The predicted octanol–water partition coefficient (Wildman–Crippen LogP) is 1.71. The first kappa shape index (κ1) is 11.1. The number of nitriles is 1. The lowest BCUT2D eigenvalue weighted by Crippen LogP contribution is -2.29. The second-order valence-electron chi connectivity index (χ2n) is 3.55. The molecule has 0 aliphatic carbocycles. The van der Waals surface area contributed by atoms with Gasteiger partial charge in [-0.15, -0.1) is 0 Å². The molecule has 1 heterocycles. The minimum atomic E-state index is -1.18. The highest BCUT2D eigenvalue weighted by molar-refractivity contribution is 5.96. The van der Waals surface area contributed by atoms with Crippen LogP contribution in [0.5, 0.6) is 0 Å². The number of anilines is 1. The summed E-state index contributed by atoms with van der Waals surface area (Å²) in [6.45, 7) is 2.92. The van der Waals surface area contributed by atoms with Crippen molar-refractivity contribution in [2.75, 3.05) is 5.32 Å². The van der Waals surface area contributed by atoms with Gasteiger partial charge >= 0.3 is 0 Å². The maximum absolute atomic E-state index is 13.1. The van der Waals surface area contributed by atoms with Gasteiger partial charge in [0.1, 0.15) is 5.41 Å². The Kier molecular flexibility index (Phi) is 3.00. The Morgan fingerprint density at radius 2 is 2.33 bits per heavy atom. The number of aromatic nitrogens is 1. The molecule has 1 rings (SSSR count). The molecule has 0 radical (unpaired) electrons. The molecule has 0 saturated carbocycles. The zero-order valence-corrected chi connectivity index (χ0v) is 8.41. The number of halogens is 1. The van der Waals surface area contributed by atoms with Crippen LogP contribution >= 0.6 is 0 Å². The van der Waals surface area contributed by atoms with E-state index in [-0.39, 0.29) is 5.69 Å². The molecule has 5 heteroatoms. The van der Waals surface area contributed by atoms with Crippen LogP contribution in [0.25, 0.3) is 0 Å². The van der Waals surface area contributed by atoms with Crippen LogP contribution in [0.1, 0.15) is 13.8 Å². The van der Waals surface area contributed by atoms with Crippen molar-refractivity contribution < 1.29 is 9.18 Å². The van der Waals surface area contributed by atoms with Crippen LogP contribution in [0.15, 0.2) is 18.5 Å². The fourth-order valence-corrected chi connectivity index (χ4v) is 0.806. The van der Waals surface area contributed by atoms with E-state index in [1.54, 1.807) is 0 Å². The molecular weight excluding hydrogens is 197 g/mol. The summed E-state index contributed by atoms with van der Waals surface area (Å²) in [6, 6.07) is 3.16. The van der Waals surface area contributed by atoms with Gasteiger partial charge in [-0.3, -0.25) is 9.78 Å². The molecule has 78 valence electrons. The highest BCUT2D eigenvalue weighted by atomic mass is 19.1. The zero-order chi connectivity index (χ0) is 11.5. The normalized spacial score (nSPS) is 10.5. The van der Waals surface area contributed by atoms with Gasteiger partial charge in [0.15, 0.2) is 5.82 Å². The third-order valence-corrected chi connectivity index (χ3v) is 1.87. The number of carbonyl (C=O) groups excluding carboxylic acids is 1. The van der Waals surface area contributed by atoms with Gasteiger partial charge in [0.25, 0.3) is 0 Å². The van der Waals surface area contributed by atoms with E-state index >= 15 is 0 Å². The van der Waals surface area contributed by atoms with Gasteiger partial charge in [-0.25, -0.2) is 4.39 Å². The minimum Gasteiger partial charge on any atom is -0.322 e. The molecule has 4 nitrogen and oxygen atoms in total. The molecule has 1 N–H and O–H groups in total. The van der Waals surface area contributed by atoms with Crippen molar-refractivity contribution >= 4 is 11.6 Å². The van der Waals surface area contributed by atoms with Crippen molar-refractivity contribution in [3.63, 3.8) is 0 Å². The number of nitrogens with zero attached hydrogens (tertiary/aromatic N) is 2. The van der Waals surface area contributed by atoms with E-state index in [1.807, 2.05) is 6.07 Å². The van der Waals surface area contributed by atoms with Crippen molar-refractivity contribution in [1.29, 1.82) is 5.26 Å². The largest absolute Gasteiger partial charge is 0.322 e. The molecule has 0 aromatic carbocycles. The van der Waals surface area contributed by atoms with E-state index in [2.05, 4.69) is 10.3 Å². The van der Waals surface area contributed by atoms with Crippen molar-refractivity contribution in [3.05, 3.63) is 24.3 Å². The zero-order valence-electron chi connectivity index (χ0n) is 8.41. The van der Waals surface area contributed by atoms with Crippen LogP contribution in [0.2, 0.25) is 0 Å². The van der Waals surface area contributed by atoms with Crippen molar-refractivity contribution in [2.45, 2.75) is 13.8 Å². The maximum atomic E-state index is 13.1. The van der Waals surface area contributed by atoms with Crippen molar-refractivity contribution in [2.24, 2.45) is 5.41 Å². The summed E-state index contributed by atoms with van der Waals surface area (Å²) in [6.07, 6.45) is 2.35. The molecule has 0 aliphatic heterocycles. The molecule has 0 unspecified atom stereocenters. The molecular formula is C10H10FN3O. The smallest absolute Gasteiger partial charge is 0.244 e. The first-order chi connectivity index (χ1) is 6.97. The summed E-state index contributed by atoms with van der Waals surface area (Å²) >= 11 is 0. The summed E-state index contributed by atoms with van der Waals surface area (Å²) in [5.41, 5.74) is -1.16. The molecule has 15 heavy (non-hydrogen) atoms. The van der Waals surface area contributed by atoms with Crippen LogP contribution in [-0.4, -0.2) is 10.9 Å². The number of carbonyl (C=O) groups is 1. The summed E-state index contributed by atoms with van der Waals surface area (Å²) in [5, 5.41) is 11.0. The monoisotopic (exact) mass is 207 g/mol. The van der Waals surface area contributed by atoms with Gasteiger partial charge in [0.2, 0.25) is 5.91 Å². The van der Waals surface area contributed by atoms with Gasteiger partial charge in [-0.05, 0) is 19.9 Å². The molecule has 0 spiro atoms. The quantitative estimate of drug-likeness (QED) is 0.802. The molecule has 0 atom stereocenters. The summed E-state index contributed by atoms with van der Waals surface area (Å²) < 4.78 is 13.1. The Morgan fingerprint density at radius 1 is 1.67 bits per heavy atom. The first-order valence-electron chi connectivity index (χ1n) is 4.29. The van der Waals surface area contributed by atoms with E-state index in [4.69, 9.17) is 5.26 Å². The third-order valence-electron chi connectivity index (χ3n) is 1.87. The second kappa shape index (κ2) is 4.05. The van der Waals surface area contributed by atoms with E-state index in [0.717, 1.165) is 6.20 Å². The summed E-state index contributed by atoms with van der Waals surface area (Å²) in [7, 11) is 0. The highest BCUT2D eigenvalue weighted by Crippen LogP contribution is 2.18. The lowest BCUT2D eigenvalue weighted by molar-refractivity contribution is -0.121. The van der Waals surface area contributed by atoms with Crippen molar-refractivity contribution in [1.82, 2.24) is 4.98 Å². The predicted molar refractivity (Wildman–Crippen MR) is 52.2 cm³/mol. The Hall–Kier alpha value is -1.96. The average Bonchev–Trinajstić information content (AvgIpc) is 2.21. The van der Waals surface area contributed by atoms with Gasteiger partial charge < -0.3 is 5.32 Å².